The van der Waals surface area contributed by atoms with Crippen molar-refractivity contribution in [1.29, 1.82) is 0 Å². The van der Waals surface area contributed by atoms with Gasteiger partial charge in [0.05, 0.1) is 23.4 Å². The summed E-state index contributed by atoms with van der Waals surface area (Å²) in [4.78, 5) is 24.3. The molecule has 2 rings (SSSR count). The number of thiocarbonyl (C=S) groups is 1. The minimum atomic E-state index is -0.430. The zero-order valence-corrected chi connectivity index (χ0v) is 19.1. The molecule has 0 bridgehead atoms. The van der Waals surface area contributed by atoms with E-state index in [1.54, 1.807) is 36.4 Å². The van der Waals surface area contributed by atoms with E-state index in [0.29, 0.717) is 34.1 Å². The third-order valence-corrected chi connectivity index (χ3v) is 4.92. The molecule has 0 aliphatic carbocycles. The van der Waals surface area contributed by atoms with Crippen molar-refractivity contribution in [3.8, 4) is 5.75 Å². The highest BCUT2D eigenvalue weighted by Gasteiger charge is 2.14. The zero-order valence-electron chi connectivity index (χ0n) is 16.0. The van der Waals surface area contributed by atoms with Crippen LogP contribution in [0.25, 0.3) is 0 Å². The molecule has 0 fully saturated rings. The summed E-state index contributed by atoms with van der Waals surface area (Å²) in [5.74, 6) is -0.0240. The highest BCUT2D eigenvalue weighted by Crippen LogP contribution is 2.28. The Morgan fingerprint density at radius 2 is 1.93 bits per heavy atom. The molecule has 29 heavy (non-hydrogen) atoms. The molecule has 6 nitrogen and oxygen atoms in total. The number of ether oxygens (including phenoxy) is 1. The fraction of sp³-hybridized carbons (Fsp3) is 0.250. The van der Waals surface area contributed by atoms with E-state index in [2.05, 4.69) is 31.9 Å². The van der Waals surface area contributed by atoms with E-state index in [0.717, 1.165) is 17.3 Å². The van der Waals surface area contributed by atoms with Crippen LogP contribution in [0.3, 0.4) is 0 Å². The second-order valence-electron chi connectivity index (χ2n) is 6.10. The van der Waals surface area contributed by atoms with Crippen molar-refractivity contribution in [1.82, 2.24) is 5.32 Å². The first kappa shape index (κ1) is 23.1. The molecule has 2 aromatic rings. The predicted molar refractivity (Wildman–Crippen MR) is 124 cm³/mol. The summed E-state index contributed by atoms with van der Waals surface area (Å²) in [7, 11) is 1.51. The van der Waals surface area contributed by atoms with Crippen LogP contribution in [0.1, 0.15) is 36.5 Å². The molecule has 9 heteroatoms. The minimum absolute atomic E-state index is 0.0699. The maximum atomic E-state index is 12.4. The third kappa shape index (κ3) is 6.99. The predicted octanol–water partition coefficient (Wildman–Crippen LogP) is 5.37. The summed E-state index contributed by atoms with van der Waals surface area (Å²) >= 11 is 14.6. The molecule has 0 spiro atoms. The lowest BCUT2D eigenvalue weighted by molar-refractivity contribution is -0.116. The number of anilines is 2. The Kier molecular flexibility index (Phi) is 8.88. The second-order valence-corrected chi connectivity index (χ2v) is 7.83. The van der Waals surface area contributed by atoms with E-state index >= 15 is 0 Å². The van der Waals surface area contributed by atoms with Gasteiger partial charge in [0.25, 0.3) is 5.91 Å². The quantitative estimate of drug-likeness (QED) is 0.448. The van der Waals surface area contributed by atoms with Crippen LogP contribution in [0.5, 0.6) is 5.75 Å². The highest BCUT2D eigenvalue weighted by molar-refractivity contribution is 9.10. The molecular formula is C20H21BrClN3O3S. The van der Waals surface area contributed by atoms with Crippen LogP contribution < -0.4 is 20.7 Å². The number of methoxy groups -OCH3 is 1. The fourth-order valence-electron chi connectivity index (χ4n) is 2.43. The number of amides is 2. The average Bonchev–Trinajstić information content (AvgIpc) is 2.69. The van der Waals surface area contributed by atoms with E-state index in [9.17, 15) is 9.59 Å². The van der Waals surface area contributed by atoms with Gasteiger partial charge in [0.2, 0.25) is 5.91 Å². The van der Waals surface area contributed by atoms with Gasteiger partial charge < -0.3 is 15.4 Å². The first-order valence-corrected chi connectivity index (χ1v) is 10.5. The van der Waals surface area contributed by atoms with Crippen LogP contribution in [0.4, 0.5) is 11.4 Å². The standard InChI is InChI=1S/C20H21BrClN3O3S/c1-3-4-5-18(26)24-16-9-7-13(11-17(16)28-2)23-20(29)25-19(27)14-10-12(21)6-8-15(14)22/h6-11H,3-5H2,1-2H3,(H,24,26)(H2,23,25,27,29). The van der Waals surface area contributed by atoms with Gasteiger partial charge in [-0.15, -0.1) is 0 Å². The van der Waals surface area contributed by atoms with Crippen LogP contribution in [0.15, 0.2) is 40.9 Å². The van der Waals surface area contributed by atoms with Crippen molar-refractivity contribution < 1.29 is 14.3 Å². The molecule has 0 saturated carbocycles. The minimum Gasteiger partial charge on any atom is -0.494 e. The van der Waals surface area contributed by atoms with Gasteiger partial charge in [-0.05, 0) is 49.0 Å². The van der Waals surface area contributed by atoms with Crippen molar-refractivity contribution >= 4 is 68.1 Å². The zero-order chi connectivity index (χ0) is 21.4. The lowest BCUT2D eigenvalue weighted by Gasteiger charge is -2.14. The SMILES string of the molecule is CCCCC(=O)Nc1ccc(NC(=S)NC(=O)c2cc(Br)ccc2Cl)cc1OC. The smallest absolute Gasteiger partial charge is 0.258 e. The average molecular weight is 499 g/mol. The van der Waals surface area contributed by atoms with Gasteiger partial charge in [0, 0.05) is 22.6 Å². The molecule has 3 N–H and O–H groups in total. The molecule has 0 unspecified atom stereocenters. The van der Waals surface area contributed by atoms with E-state index < -0.39 is 5.91 Å². The fourth-order valence-corrected chi connectivity index (χ4v) is 3.20. The van der Waals surface area contributed by atoms with Crippen molar-refractivity contribution in [2.75, 3.05) is 17.7 Å². The number of benzene rings is 2. The molecule has 2 aromatic carbocycles. The van der Waals surface area contributed by atoms with E-state index in [1.807, 2.05) is 6.92 Å². The Morgan fingerprint density at radius 1 is 1.17 bits per heavy atom. The monoisotopic (exact) mass is 497 g/mol. The van der Waals surface area contributed by atoms with Crippen LogP contribution in [-0.2, 0) is 4.79 Å². The first-order valence-electron chi connectivity index (χ1n) is 8.89. The number of halogens is 2. The molecule has 0 saturated heterocycles. The molecule has 0 aliphatic rings. The highest BCUT2D eigenvalue weighted by atomic mass is 79.9. The van der Waals surface area contributed by atoms with Gasteiger partial charge in [-0.25, -0.2) is 0 Å². The molecule has 0 atom stereocenters. The second kappa shape index (κ2) is 11.1. The lowest BCUT2D eigenvalue weighted by atomic mass is 10.2. The van der Waals surface area contributed by atoms with Crippen molar-refractivity contribution in [3.63, 3.8) is 0 Å². The number of unbranched alkanes of at least 4 members (excludes halogenated alkanes) is 1. The number of hydrogen-bond donors (Lipinski definition) is 3. The number of nitrogens with one attached hydrogen (secondary N) is 3. The van der Waals surface area contributed by atoms with E-state index in [1.165, 1.54) is 7.11 Å². The largest absolute Gasteiger partial charge is 0.494 e. The van der Waals surface area contributed by atoms with Crippen molar-refractivity contribution in [3.05, 3.63) is 51.5 Å². The van der Waals surface area contributed by atoms with Gasteiger partial charge in [-0.3, -0.25) is 14.9 Å². The number of hydrogen-bond acceptors (Lipinski definition) is 4. The van der Waals surface area contributed by atoms with Crippen molar-refractivity contribution in [2.45, 2.75) is 26.2 Å². The van der Waals surface area contributed by atoms with Crippen LogP contribution in [0, 0.1) is 0 Å². The Hall–Kier alpha value is -2.16. The molecule has 2 amide bonds. The first-order chi connectivity index (χ1) is 13.8. The van der Waals surface area contributed by atoms with E-state index in [4.69, 9.17) is 28.6 Å². The number of rotatable bonds is 7. The van der Waals surface area contributed by atoms with Crippen molar-refractivity contribution in [2.24, 2.45) is 0 Å². The third-order valence-electron chi connectivity index (χ3n) is 3.89. The Balaban J connectivity index is 2.03. The number of carbonyl (C=O) groups excluding carboxylic acids is 2. The Labute approximate surface area is 188 Å². The van der Waals surface area contributed by atoms with Gasteiger partial charge in [0.15, 0.2) is 5.11 Å². The summed E-state index contributed by atoms with van der Waals surface area (Å²) in [5, 5.41) is 8.75. The van der Waals surface area contributed by atoms with Gasteiger partial charge in [-0.1, -0.05) is 40.9 Å². The molecule has 154 valence electrons. The van der Waals surface area contributed by atoms with Gasteiger partial charge in [-0.2, -0.15) is 0 Å². The van der Waals surface area contributed by atoms with Gasteiger partial charge in [0.1, 0.15) is 5.75 Å². The molecule has 0 aromatic heterocycles. The van der Waals surface area contributed by atoms with E-state index in [-0.39, 0.29) is 11.0 Å². The van der Waals surface area contributed by atoms with Gasteiger partial charge >= 0.3 is 0 Å². The molecule has 0 aliphatic heterocycles. The maximum Gasteiger partial charge on any atom is 0.258 e. The topological polar surface area (TPSA) is 79.5 Å². The maximum absolute atomic E-state index is 12.4. The van der Waals surface area contributed by atoms with Crippen LogP contribution >= 0.6 is 39.7 Å². The van der Waals surface area contributed by atoms with Crippen LogP contribution in [0.2, 0.25) is 5.02 Å². The molecule has 0 radical (unpaired) electrons. The van der Waals surface area contributed by atoms with Crippen LogP contribution in [-0.4, -0.2) is 24.0 Å². The summed E-state index contributed by atoms with van der Waals surface area (Å²) in [6, 6.07) is 10.1. The Bertz CT molecular complexity index is 924. The Morgan fingerprint density at radius 3 is 2.62 bits per heavy atom. The summed E-state index contributed by atoms with van der Waals surface area (Å²) in [5.41, 5.74) is 1.46. The number of carbonyl (C=O) groups is 2. The normalized spacial score (nSPS) is 10.2. The summed E-state index contributed by atoms with van der Waals surface area (Å²) < 4.78 is 6.07. The molecular weight excluding hydrogens is 478 g/mol. The lowest BCUT2D eigenvalue weighted by Crippen LogP contribution is -2.34. The summed E-state index contributed by atoms with van der Waals surface area (Å²) in [6.45, 7) is 2.03. The molecule has 0 heterocycles. The summed E-state index contributed by atoms with van der Waals surface area (Å²) in [6.07, 6.45) is 2.22.